The van der Waals surface area contributed by atoms with Crippen LogP contribution in [0.25, 0.3) is 11.1 Å². The van der Waals surface area contributed by atoms with Crippen LogP contribution in [-0.4, -0.2) is 3.21 Å². The third kappa shape index (κ3) is 5.81. The predicted molar refractivity (Wildman–Crippen MR) is 185 cm³/mol. The third-order valence-electron chi connectivity index (χ3n) is 13.1. The molecule has 0 spiro atoms. The molecule has 2 aromatic carbocycles. The molecule has 1 atom stereocenters. The number of allylic oxidation sites excluding steroid dienone is 4. The van der Waals surface area contributed by atoms with Crippen LogP contribution in [0.3, 0.4) is 0 Å². The third-order valence-corrected chi connectivity index (χ3v) is 22.3. The molecule has 0 aliphatic heterocycles. The second kappa shape index (κ2) is 12.5. The van der Waals surface area contributed by atoms with Crippen LogP contribution in [0.5, 0.6) is 0 Å². The van der Waals surface area contributed by atoms with Crippen LogP contribution in [0, 0.1) is 29.1 Å². The molecule has 46 heavy (non-hydrogen) atoms. The summed E-state index contributed by atoms with van der Waals surface area (Å²) in [5.74, 6) is 3.65. The monoisotopic (exact) mass is 732 g/mol. The number of hydrogen-bond acceptors (Lipinski definition) is 0. The van der Waals surface area contributed by atoms with Crippen molar-refractivity contribution < 1.29 is 46.1 Å². The largest absolute Gasteiger partial charge is 1.00 e. The van der Waals surface area contributed by atoms with Gasteiger partial charge < -0.3 is 24.8 Å². The first-order valence-electron chi connectivity index (χ1n) is 18.4. The van der Waals surface area contributed by atoms with Crippen molar-refractivity contribution >= 4 is 3.21 Å². The number of hydrogen-bond donors (Lipinski definition) is 0. The molecule has 1 unspecified atom stereocenters. The first-order valence-corrected chi connectivity index (χ1v) is 22.2. The summed E-state index contributed by atoms with van der Waals surface area (Å²) in [6.45, 7) is 17.1. The summed E-state index contributed by atoms with van der Waals surface area (Å²) in [6, 6.07) is 15.4. The molecule has 3 heteroatoms. The van der Waals surface area contributed by atoms with Crippen LogP contribution < -0.4 is 24.8 Å². The van der Waals surface area contributed by atoms with Gasteiger partial charge in [0.1, 0.15) is 0 Å². The smallest absolute Gasteiger partial charge is 1.00 e. The van der Waals surface area contributed by atoms with Gasteiger partial charge in [0.15, 0.2) is 0 Å². The molecular formula is C43H56Cl2Zr. The quantitative estimate of drug-likeness (QED) is 0.375. The van der Waals surface area contributed by atoms with Crippen molar-refractivity contribution in [2.45, 2.75) is 134 Å². The average Bonchev–Trinajstić information content (AvgIpc) is 3.50. The van der Waals surface area contributed by atoms with E-state index in [1.165, 1.54) is 81.8 Å². The van der Waals surface area contributed by atoms with Crippen LogP contribution in [-0.2, 0) is 32.1 Å². The Morgan fingerprint density at radius 3 is 1.61 bits per heavy atom. The van der Waals surface area contributed by atoms with Crippen LogP contribution in [0.2, 0.25) is 0 Å². The van der Waals surface area contributed by atoms with E-state index in [9.17, 15) is 0 Å². The van der Waals surface area contributed by atoms with E-state index in [0.29, 0.717) is 15.0 Å². The van der Waals surface area contributed by atoms with Gasteiger partial charge in [0.2, 0.25) is 0 Å². The van der Waals surface area contributed by atoms with Crippen molar-refractivity contribution in [3.63, 3.8) is 0 Å². The van der Waals surface area contributed by atoms with Crippen molar-refractivity contribution in [1.82, 2.24) is 0 Å². The zero-order valence-electron chi connectivity index (χ0n) is 29.5. The fraction of sp³-hybridized carbons (Fsp3) is 0.605. The summed E-state index contributed by atoms with van der Waals surface area (Å²) in [4.78, 5) is 0. The van der Waals surface area contributed by atoms with Crippen molar-refractivity contribution in [2.75, 3.05) is 0 Å². The van der Waals surface area contributed by atoms with Crippen LogP contribution in [0.15, 0.2) is 57.4 Å². The summed E-state index contributed by atoms with van der Waals surface area (Å²) in [6.07, 6.45) is 21.7. The Balaban J connectivity index is 0.00000186. The minimum Gasteiger partial charge on any atom is -1.00 e. The molecular weight excluding hydrogens is 679 g/mol. The van der Waals surface area contributed by atoms with Crippen LogP contribution in [0.1, 0.15) is 145 Å². The van der Waals surface area contributed by atoms with Crippen molar-refractivity contribution in [3.8, 4) is 11.1 Å². The minimum absolute atomic E-state index is 0. The number of fused-ring (bicyclic) bond motifs is 3. The fourth-order valence-corrected chi connectivity index (χ4v) is 21.9. The van der Waals surface area contributed by atoms with E-state index < -0.39 is 21.3 Å². The van der Waals surface area contributed by atoms with Crippen molar-refractivity contribution in [2.24, 2.45) is 29.1 Å². The van der Waals surface area contributed by atoms with Gasteiger partial charge in [0, 0.05) is 0 Å². The molecule has 0 N–H and O–H groups in total. The molecule has 0 radical (unpaired) electrons. The molecule has 7 aliphatic rings. The van der Waals surface area contributed by atoms with Crippen molar-refractivity contribution in [1.29, 1.82) is 0 Å². The Morgan fingerprint density at radius 2 is 1.15 bits per heavy atom. The molecule has 7 aliphatic carbocycles. The van der Waals surface area contributed by atoms with Crippen LogP contribution >= 0.6 is 0 Å². The van der Waals surface area contributed by atoms with Gasteiger partial charge in [-0.2, -0.15) is 0 Å². The molecule has 0 saturated heterocycles. The SMILES string of the molecule is CC1C=CC(C23CC4CC(CC(C4)C2)C3)=[C]1[Zr+2](=[C]1CCCCC1)[CH]1c2cc(C(C)(C)C)ccc2-c2ccc(C(C)(C)C)cc21.[Cl-].[Cl-]. The standard InChI is InChI=1S/C21H25.C16H21.C6H10.2ClH.Zr/c1-20(2,3)16-7-9-18-14(12-16)11-15-13-17(21(4,5)6)8-10-19(15)18;1-11-2-3-15(4-11)16-8-12-5-13(9-16)7-14(6-12)10-16;1-2-4-6-5-3-1;;;/h7-13H,1-6H3;2-3,11-14H,5-10H2,1H3;1-5H2;2*1H;/q;;;;;+2/p-2. The molecule has 5 fully saturated rings. The van der Waals surface area contributed by atoms with E-state index in [0.717, 1.165) is 17.8 Å². The van der Waals surface area contributed by atoms with Gasteiger partial charge in [-0.3, -0.25) is 0 Å². The first kappa shape index (κ1) is 35.1. The molecule has 0 aromatic heterocycles. The number of benzene rings is 2. The molecule has 9 rings (SSSR count). The van der Waals surface area contributed by atoms with E-state index in [1.807, 2.05) is 5.57 Å². The van der Waals surface area contributed by atoms with Gasteiger partial charge in [-0.15, -0.1) is 0 Å². The second-order valence-corrected chi connectivity index (χ2v) is 24.8. The van der Waals surface area contributed by atoms with Gasteiger partial charge >= 0.3 is 278 Å². The normalized spacial score (nSPS) is 29.7. The Morgan fingerprint density at radius 1 is 0.674 bits per heavy atom. The minimum atomic E-state index is -2.42. The molecule has 0 heterocycles. The Kier molecular flexibility index (Phi) is 9.57. The van der Waals surface area contributed by atoms with Gasteiger partial charge in [0.25, 0.3) is 0 Å². The first-order chi connectivity index (χ1) is 20.9. The van der Waals surface area contributed by atoms with E-state index in [-0.39, 0.29) is 35.6 Å². The Labute approximate surface area is 300 Å². The average molecular weight is 735 g/mol. The summed E-state index contributed by atoms with van der Waals surface area (Å²) in [5, 5.41) is 0. The maximum absolute atomic E-state index is 2.74. The van der Waals surface area contributed by atoms with E-state index >= 15 is 0 Å². The Bertz CT molecular complexity index is 1500. The zero-order valence-corrected chi connectivity index (χ0v) is 33.5. The Hall–Kier alpha value is -0.747. The molecule has 4 bridgehead atoms. The van der Waals surface area contributed by atoms with Gasteiger partial charge in [-0.1, -0.05) is 0 Å². The summed E-state index contributed by atoms with van der Waals surface area (Å²) in [7, 11) is 0. The van der Waals surface area contributed by atoms with E-state index in [1.54, 1.807) is 22.3 Å². The van der Waals surface area contributed by atoms with Gasteiger partial charge in [0.05, 0.1) is 0 Å². The second-order valence-electron chi connectivity index (χ2n) is 18.3. The molecule has 0 amide bonds. The molecule has 0 nitrogen and oxygen atoms in total. The summed E-state index contributed by atoms with van der Waals surface area (Å²) >= 11 is -2.42. The predicted octanol–water partition coefficient (Wildman–Crippen LogP) is 5.79. The zero-order chi connectivity index (χ0) is 30.6. The molecule has 246 valence electrons. The molecule has 5 saturated carbocycles. The number of rotatable bonds is 3. The maximum Gasteiger partial charge on any atom is -1.00 e. The van der Waals surface area contributed by atoms with Crippen molar-refractivity contribution in [3.05, 3.63) is 79.7 Å². The maximum atomic E-state index is 2.74. The summed E-state index contributed by atoms with van der Waals surface area (Å²) in [5.41, 5.74) is 12.3. The topological polar surface area (TPSA) is 0 Å². The van der Waals surface area contributed by atoms with E-state index in [2.05, 4.69) is 104 Å². The number of halogens is 2. The molecule has 2 aromatic rings. The fourth-order valence-electron chi connectivity index (χ4n) is 11.3. The van der Waals surface area contributed by atoms with E-state index in [4.69, 9.17) is 0 Å². The van der Waals surface area contributed by atoms with Crippen LogP contribution in [0.4, 0.5) is 0 Å². The van der Waals surface area contributed by atoms with Gasteiger partial charge in [-0.25, -0.2) is 0 Å². The van der Waals surface area contributed by atoms with Gasteiger partial charge in [-0.05, 0) is 0 Å². The summed E-state index contributed by atoms with van der Waals surface area (Å²) < 4.78 is 4.76.